The first-order valence-corrected chi connectivity index (χ1v) is 12.3. The van der Waals surface area contributed by atoms with Crippen molar-refractivity contribution in [3.63, 3.8) is 0 Å². The Morgan fingerprint density at radius 2 is 1.63 bits per heavy atom. The monoisotopic (exact) mass is 480 g/mol. The molecule has 0 saturated carbocycles. The van der Waals surface area contributed by atoms with E-state index < -0.39 is 18.0 Å². The molecule has 2 amide bonds. The molecule has 35 heavy (non-hydrogen) atoms. The second-order valence-electron chi connectivity index (χ2n) is 8.56. The summed E-state index contributed by atoms with van der Waals surface area (Å²) in [5.74, 6) is 0.651. The summed E-state index contributed by atoms with van der Waals surface area (Å²) in [6.07, 6.45) is 8.48. The highest BCUT2D eigenvalue weighted by Crippen LogP contribution is 2.36. The number of amides is 2. The SMILES string of the molecule is CCCCCCCCCOc1ccc(C2NC(=O)NC(c3ccccc3)=C2C(=O)OC)cc1OC. The van der Waals surface area contributed by atoms with Gasteiger partial charge in [-0.1, -0.05) is 81.8 Å². The van der Waals surface area contributed by atoms with Crippen LogP contribution in [0.3, 0.4) is 0 Å². The van der Waals surface area contributed by atoms with Gasteiger partial charge >= 0.3 is 12.0 Å². The zero-order valence-electron chi connectivity index (χ0n) is 20.9. The predicted molar refractivity (Wildman–Crippen MR) is 136 cm³/mol. The number of rotatable bonds is 13. The third kappa shape index (κ3) is 7.01. The first kappa shape index (κ1) is 26.1. The highest BCUT2D eigenvalue weighted by atomic mass is 16.5. The largest absolute Gasteiger partial charge is 0.493 e. The Kier molecular flexibility index (Phi) is 10.0. The van der Waals surface area contributed by atoms with Crippen LogP contribution in [0.25, 0.3) is 5.70 Å². The Morgan fingerprint density at radius 1 is 0.914 bits per heavy atom. The number of hydrogen-bond acceptors (Lipinski definition) is 5. The Hall–Kier alpha value is -3.48. The molecular formula is C28H36N2O5. The highest BCUT2D eigenvalue weighted by Gasteiger charge is 2.34. The van der Waals surface area contributed by atoms with Crippen molar-refractivity contribution in [3.05, 3.63) is 65.2 Å². The van der Waals surface area contributed by atoms with Crippen LogP contribution < -0.4 is 20.1 Å². The van der Waals surface area contributed by atoms with Gasteiger partial charge in [0.1, 0.15) is 0 Å². The van der Waals surface area contributed by atoms with E-state index in [9.17, 15) is 9.59 Å². The van der Waals surface area contributed by atoms with Gasteiger partial charge in [0, 0.05) is 0 Å². The average Bonchev–Trinajstić information content (AvgIpc) is 2.89. The topological polar surface area (TPSA) is 85.9 Å². The van der Waals surface area contributed by atoms with E-state index >= 15 is 0 Å². The number of hydrogen-bond donors (Lipinski definition) is 2. The minimum Gasteiger partial charge on any atom is -0.493 e. The highest BCUT2D eigenvalue weighted by molar-refractivity contribution is 6.04. The van der Waals surface area contributed by atoms with E-state index in [1.165, 1.54) is 39.2 Å². The molecule has 0 bridgehead atoms. The lowest BCUT2D eigenvalue weighted by molar-refractivity contribution is -0.136. The molecule has 2 aromatic rings. The Balaban J connectivity index is 1.78. The van der Waals surface area contributed by atoms with Gasteiger partial charge in [-0.3, -0.25) is 0 Å². The summed E-state index contributed by atoms with van der Waals surface area (Å²) in [4.78, 5) is 25.4. The molecule has 1 atom stereocenters. The molecule has 3 rings (SSSR count). The number of carbonyl (C=O) groups is 2. The Bertz CT molecular complexity index is 1020. The van der Waals surface area contributed by atoms with Gasteiger partial charge < -0.3 is 24.8 Å². The van der Waals surface area contributed by atoms with Crippen LogP contribution in [0.5, 0.6) is 11.5 Å². The van der Waals surface area contributed by atoms with Crippen LogP contribution >= 0.6 is 0 Å². The van der Waals surface area contributed by atoms with Gasteiger partial charge in [-0.05, 0) is 29.7 Å². The average molecular weight is 481 g/mol. The molecule has 7 nitrogen and oxygen atoms in total. The number of urea groups is 1. The fourth-order valence-electron chi connectivity index (χ4n) is 4.20. The summed E-state index contributed by atoms with van der Waals surface area (Å²) < 4.78 is 16.6. The van der Waals surface area contributed by atoms with Gasteiger partial charge in [0.05, 0.1) is 38.1 Å². The standard InChI is InChI=1S/C28H36N2O5/c1-4-5-6-7-8-9-13-18-35-22-17-16-21(19-23(22)33-2)26-24(27(31)34-3)25(29-28(32)30-26)20-14-11-10-12-15-20/h10-12,14-17,19,26H,4-9,13,18H2,1-3H3,(H2,29,30,32). The van der Waals surface area contributed by atoms with Crippen molar-refractivity contribution in [2.24, 2.45) is 0 Å². The van der Waals surface area contributed by atoms with Gasteiger partial charge in [0.2, 0.25) is 0 Å². The van der Waals surface area contributed by atoms with E-state index in [1.807, 2.05) is 42.5 Å². The number of methoxy groups -OCH3 is 2. The van der Waals surface area contributed by atoms with E-state index in [0.29, 0.717) is 34.9 Å². The van der Waals surface area contributed by atoms with Crippen LogP contribution in [0.15, 0.2) is 54.1 Å². The zero-order chi connectivity index (χ0) is 25.0. The number of unbranched alkanes of at least 4 members (excludes halogenated alkanes) is 6. The van der Waals surface area contributed by atoms with E-state index in [-0.39, 0.29) is 0 Å². The number of ether oxygens (including phenoxy) is 3. The summed E-state index contributed by atoms with van der Waals surface area (Å²) in [6, 6.07) is 13.6. The van der Waals surface area contributed by atoms with Crippen molar-refractivity contribution in [3.8, 4) is 11.5 Å². The van der Waals surface area contributed by atoms with Gasteiger partial charge in [-0.25, -0.2) is 9.59 Å². The molecule has 1 aliphatic rings. The summed E-state index contributed by atoms with van der Waals surface area (Å²) in [5.41, 5.74) is 2.14. The molecule has 0 aromatic heterocycles. The van der Waals surface area contributed by atoms with Gasteiger partial charge in [-0.2, -0.15) is 0 Å². The molecular weight excluding hydrogens is 444 g/mol. The fraction of sp³-hybridized carbons (Fsp3) is 0.429. The predicted octanol–water partition coefficient (Wildman–Crippen LogP) is 5.76. The van der Waals surface area contributed by atoms with Crippen LogP contribution in [-0.4, -0.2) is 32.8 Å². The summed E-state index contributed by atoms with van der Waals surface area (Å²) in [7, 11) is 2.90. The lowest BCUT2D eigenvalue weighted by atomic mass is 9.92. The van der Waals surface area contributed by atoms with Crippen LogP contribution in [0.2, 0.25) is 0 Å². The lowest BCUT2D eigenvalue weighted by Gasteiger charge is -2.29. The minimum atomic E-state index is -0.711. The smallest absolute Gasteiger partial charge is 0.338 e. The quantitative estimate of drug-likeness (QED) is 0.281. The number of esters is 1. The van der Waals surface area contributed by atoms with E-state index in [2.05, 4.69) is 17.6 Å². The van der Waals surface area contributed by atoms with Crippen LogP contribution in [-0.2, 0) is 9.53 Å². The molecule has 0 spiro atoms. The normalized spacial score (nSPS) is 15.3. The first-order chi connectivity index (χ1) is 17.1. The van der Waals surface area contributed by atoms with Crippen LogP contribution in [0, 0.1) is 0 Å². The van der Waals surface area contributed by atoms with Crippen molar-refractivity contribution >= 4 is 17.7 Å². The van der Waals surface area contributed by atoms with E-state index in [1.54, 1.807) is 13.2 Å². The van der Waals surface area contributed by atoms with Gasteiger partial charge in [0.15, 0.2) is 11.5 Å². The molecule has 0 radical (unpaired) electrons. The molecule has 2 aromatic carbocycles. The van der Waals surface area contributed by atoms with Crippen LogP contribution in [0.4, 0.5) is 4.79 Å². The van der Waals surface area contributed by atoms with Gasteiger partial charge in [-0.15, -0.1) is 0 Å². The van der Waals surface area contributed by atoms with Crippen molar-refractivity contribution in [2.75, 3.05) is 20.8 Å². The van der Waals surface area contributed by atoms with E-state index in [4.69, 9.17) is 14.2 Å². The van der Waals surface area contributed by atoms with E-state index in [0.717, 1.165) is 18.4 Å². The third-order valence-electron chi connectivity index (χ3n) is 6.07. The minimum absolute atomic E-state index is 0.317. The zero-order valence-corrected chi connectivity index (χ0v) is 20.9. The van der Waals surface area contributed by atoms with Crippen molar-refractivity contribution < 1.29 is 23.8 Å². The molecule has 0 fully saturated rings. The molecule has 0 saturated heterocycles. The lowest BCUT2D eigenvalue weighted by Crippen LogP contribution is -2.45. The van der Waals surface area contributed by atoms with Crippen molar-refractivity contribution in [2.45, 2.75) is 57.9 Å². The maximum absolute atomic E-state index is 12.8. The molecule has 2 N–H and O–H groups in total. The molecule has 1 unspecified atom stereocenters. The Labute approximate surface area is 207 Å². The molecule has 1 aliphatic heterocycles. The van der Waals surface area contributed by atoms with Crippen molar-refractivity contribution in [1.29, 1.82) is 0 Å². The molecule has 0 aliphatic carbocycles. The molecule has 188 valence electrons. The number of carbonyl (C=O) groups excluding carboxylic acids is 2. The second kappa shape index (κ2) is 13.4. The first-order valence-electron chi connectivity index (χ1n) is 12.3. The summed E-state index contributed by atoms with van der Waals surface area (Å²) >= 11 is 0. The summed E-state index contributed by atoms with van der Waals surface area (Å²) in [6.45, 7) is 2.83. The van der Waals surface area contributed by atoms with Crippen LogP contribution in [0.1, 0.15) is 69.0 Å². The number of nitrogens with one attached hydrogen (secondary N) is 2. The maximum atomic E-state index is 12.8. The second-order valence-corrected chi connectivity index (χ2v) is 8.56. The van der Waals surface area contributed by atoms with Crippen molar-refractivity contribution in [1.82, 2.24) is 10.6 Å². The third-order valence-corrected chi connectivity index (χ3v) is 6.07. The fourth-order valence-corrected chi connectivity index (χ4v) is 4.20. The molecule has 7 heteroatoms. The Morgan fingerprint density at radius 3 is 2.31 bits per heavy atom. The molecule has 1 heterocycles. The number of benzene rings is 2. The maximum Gasteiger partial charge on any atom is 0.338 e. The van der Waals surface area contributed by atoms with Gasteiger partial charge in [0.25, 0.3) is 0 Å². The summed E-state index contributed by atoms with van der Waals surface area (Å²) in [5, 5.41) is 5.61.